The van der Waals surface area contributed by atoms with Crippen LogP contribution < -0.4 is 9.80 Å². The molecule has 1 aromatic carbocycles. The fourth-order valence-corrected chi connectivity index (χ4v) is 4.46. The number of rotatable bonds is 5. The fourth-order valence-electron chi connectivity index (χ4n) is 3.95. The average molecular weight is 481 g/mol. The summed E-state index contributed by atoms with van der Waals surface area (Å²) in [5.74, 6) is 0.256. The van der Waals surface area contributed by atoms with Crippen LogP contribution in [0.15, 0.2) is 24.3 Å². The van der Waals surface area contributed by atoms with Crippen molar-refractivity contribution in [3.05, 3.63) is 30.1 Å². The van der Waals surface area contributed by atoms with Crippen molar-refractivity contribution < 1.29 is 21.9 Å². The van der Waals surface area contributed by atoms with Gasteiger partial charge in [0, 0.05) is 39.3 Å². The lowest BCUT2D eigenvalue weighted by molar-refractivity contribution is 0.122. The largest absolute Gasteiger partial charge is 0.378 e. The number of fused-ring (bicyclic) bond motifs is 1. The van der Waals surface area contributed by atoms with E-state index in [0.29, 0.717) is 75.4 Å². The van der Waals surface area contributed by atoms with Gasteiger partial charge in [-0.25, -0.2) is 26.5 Å². The van der Waals surface area contributed by atoms with Crippen molar-refractivity contribution in [2.24, 2.45) is 0 Å². The number of benzene rings is 1. The lowest BCUT2D eigenvalue weighted by Gasteiger charge is -2.32. The van der Waals surface area contributed by atoms with Gasteiger partial charge in [-0.1, -0.05) is 12.1 Å². The zero-order valence-electron chi connectivity index (χ0n) is 17.5. The highest BCUT2D eigenvalue weighted by atomic mass is 32.2. The highest BCUT2D eigenvalue weighted by molar-refractivity contribution is 7.69. The quantitative estimate of drug-likeness (QED) is 0.526. The molecule has 2 aromatic heterocycles. The number of piperazine rings is 1. The molecule has 0 unspecified atom stereocenters. The van der Waals surface area contributed by atoms with E-state index in [1.165, 1.54) is 8.87 Å². The number of halogens is 2. The molecule has 2 fully saturated rings. The molecule has 0 N–H and O–H groups in total. The van der Waals surface area contributed by atoms with Crippen LogP contribution in [0, 0.1) is 0 Å². The van der Waals surface area contributed by atoms with Crippen molar-refractivity contribution in [1.82, 2.24) is 28.8 Å². The molecule has 33 heavy (non-hydrogen) atoms. The summed E-state index contributed by atoms with van der Waals surface area (Å²) in [6.45, 7) is 3.46. The van der Waals surface area contributed by atoms with Crippen LogP contribution in [0.2, 0.25) is 0 Å². The van der Waals surface area contributed by atoms with E-state index in [1.54, 1.807) is 24.3 Å². The van der Waals surface area contributed by atoms with Gasteiger partial charge in [-0.15, -0.1) is 0 Å². The summed E-state index contributed by atoms with van der Waals surface area (Å²) < 4.78 is 58.5. The Hall–Kier alpha value is -2.97. The summed E-state index contributed by atoms with van der Waals surface area (Å²) >= 11 is 0. The standard InChI is InChI=1S/C19H22F2N8O3S/c20-15(21)16-22-13-3-1-2-4-14(13)29(16)19-24-17(26-5-7-28(8-6-26)33(30)31)23-18(25-19)27-9-11-32-12-10-27/h1-4,15,33H,5-12H2. The molecule has 14 heteroatoms. The third-order valence-corrected chi connectivity index (χ3v) is 6.51. The molecule has 5 rings (SSSR count). The Bertz CT molecular complexity index is 1210. The maximum atomic E-state index is 13.9. The number of hydrogen-bond donors (Lipinski definition) is 1. The van der Waals surface area contributed by atoms with E-state index in [-0.39, 0.29) is 5.95 Å². The molecule has 0 saturated carbocycles. The average Bonchev–Trinajstić information content (AvgIpc) is 3.24. The van der Waals surface area contributed by atoms with Crippen molar-refractivity contribution in [3.8, 4) is 5.95 Å². The Morgan fingerprint density at radius 3 is 2.06 bits per heavy atom. The molecular weight excluding hydrogens is 458 g/mol. The first-order valence-corrected chi connectivity index (χ1v) is 11.6. The summed E-state index contributed by atoms with van der Waals surface area (Å²) in [7, 11) is -2.65. The highest BCUT2D eigenvalue weighted by Crippen LogP contribution is 2.28. The number of imidazole rings is 1. The molecule has 0 amide bonds. The maximum absolute atomic E-state index is 13.9. The lowest BCUT2D eigenvalue weighted by Crippen LogP contribution is -2.46. The van der Waals surface area contributed by atoms with Crippen molar-refractivity contribution in [2.45, 2.75) is 6.43 Å². The molecule has 11 nitrogen and oxygen atoms in total. The summed E-state index contributed by atoms with van der Waals surface area (Å²) in [4.78, 5) is 21.5. The van der Waals surface area contributed by atoms with Gasteiger partial charge in [-0.3, -0.25) is 4.57 Å². The molecule has 0 bridgehead atoms. The molecular formula is C19H22F2N8O3S. The first-order chi connectivity index (χ1) is 16.0. The number of ether oxygens (including phenoxy) is 1. The van der Waals surface area contributed by atoms with E-state index < -0.39 is 23.1 Å². The summed E-state index contributed by atoms with van der Waals surface area (Å²) in [6, 6.07) is 6.82. The van der Waals surface area contributed by atoms with E-state index in [2.05, 4.69) is 19.9 Å². The molecule has 2 aliphatic heterocycles. The summed E-state index contributed by atoms with van der Waals surface area (Å²) in [5, 5.41) is 0. The monoisotopic (exact) mass is 480 g/mol. The van der Waals surface area contributed by atoms with Gasteiger partial charge < -0.3 is 14.5 Å². The molecule has 3 aromatic rings. The van der Waals surface area contributed by atoms with Gasteiger partial charge in [0.25, 0.3) is 6.43 Å². The first kappa shape index (κ1) is 21.9. The van der Waals surface area contributed by atoms with Crippen molar-refractivity contribution in [1.29, 1.82) is 0 Å². The van der Waals surface area contributed by atoms with Crippen molar-refractivity contribution in [3.63, 3.8) is 0 Å². The van der Waals surface area contributed by atoms with Gasteiger partial charge in [0.05, 0.1) is 24.2 Å². The molecule has 0 radical (unpaired) electrons. The molecule has 176 valence electrons. The van der Waals surface area contributed by atoms with Crippen molar-refractivity contribution in [2.75, 3.05) is 62.3 Å². The highest BCUT2D eigenvalue weighted by Gasteiger charge is 2.27. The van der Waals surface area contributed by atoms with Crippen LogP contribution >= 0.6 is 0 Å². The minimum Gasteiger partial charge on any atom is -0.378 e. The number of morpholine rings is 1. The SMILES string of the molecule is O=[SH](=O)N1CCN(c2nc(N3CCOCC3)nc(-n3c(C(F)F)nc4ccccc43)n2)CC1. The van der Waals surface area contributed by atoms with Crippen LogP contribution in [0.3, 0.4) is 0 Å². The Morgan fingerprint density at radius 1 is 0.818 bits per heavy atom. The Balaban J connectivity index is 1.61. The molecule has 2 saturated heterocycles. The Kier molecular flexibility index (Phi) is 6.03. The van der Waals surface area contributed by atoms with Gasteiger partial charge in [0.1, 0.15) is 0 Å². The third kappa shape index (κ3) is 4.32. The van der Waals surface area contributed by atoms with Crippen LogP contribution in [0.4, 0.5) is 20.7 Å². The van der Waals surface area contributed by atoms with Gasteiger partial charge in [0.2, 0.25) is 28.7 Å². The first-order valence-electron chi connectivity index (χ1n) is 10.5. The summed E-state index contributed by atoms with van der Waals surface area (Å²) in [6.07, 6.45) is -2.83. The predicted octanol–water partition coefficient (Wildman–Crippen LogP) is 0.633. The zero-order valence-corrected chi connectivity index (χ0v) is 18.4. The number of anilines is 2. The van der Waals surface area contributed by atoms with Gasteiger partial charge in [-0.2, -0.15) is 15.0 Å². The molecule has 0 spiro atoms. The maximum Gasteiger partial charge on any atom is 0.296 e. The minimum atomic E-state index is -2.83. The van der Waals surface area contributed by atoms with Crippen LogP contribution in [0.25, 0.3) is 17.0 Å². The smallest absolute Gasteiger partial charge is 0.296 e. The molecule has 0 aliphatic carbocycles. The second-order valence-electron chi connectivity index (χ2n) is 7.61. The lowest BCUT2D eigenvalue weighted by atomic mass is 10.3. The second kappa shape index (κ2) is 9.11. The van der Waals surface area contributed by atoms with Crippen molar-refractivity contribution >= 4 is 33.8 Å². The van der Waals surface area contributed by atoms with Crippen LogP contribution in [-0.4, -0.2) is 89.7 Å². The molecule has 4 heterocycles. The van der Waals surface area contributed by atoms with E-state index in [9.17, 15) is 17.2 Å². The normalized spacial score (nSPS) is 18.1. The number of hydrogen-bond acceptors (Lipinski definition) is 9. The minimum absolute atomic E-state index is 0.0443. The number of para-hydroxylation sites is 2. The van der Waals surface area contributed by atoms with E-state index in [1.807, 2.05) is 9.80 Å². The summed E-state index contributed by atoms with van der Waals surface area (Å²) in [5.41, 5.74) is 0.876. The van der Waals surface area contributed by atoms with Crippen LogP contribution in [-0.2, 0) is 15.6 Å². The Labute approximate surface area is 189 Å². The fraction of sp³-hybridized carbons (Fsp3) is 0.474. The van der Waals surface area contributed by atoms with Gasteiger partial charge in [0.15, 0.2) is 5.82 Å². The Morgan fingerprint density at radius 2 is 1.42 bits per heavy atom. The van der Waals surface area contributed by atoms with E-state index in [0.717, 1.165) is 0 Å². The zero-order chi connectivity index (χ0) is 22.9. The number of aromatic nitrogens is 5. The van der Waals surface area contributed by atoms with Gasteiger partial charge >= 0.3 is 0 Å². The number of alkyl halides is 2. The molecule has 2 aliphatic rings. The topological polar surface area (TPSA) is 110 Å². The van der Waals surface area contributed by atoms with Crippen LogP contribution in [0.5, 0.6) is 0 Å². The van der Waals surface area contributed by atoms with E-state index in [4.69, 9.17) is 4.74 Å². The second-order valence-corrected chi connectivity index (χ2v) is 8.65. The third-order valence-electron chi connectivity index (χ3n) is 5.65. The molecule has 0 atom stereocenters. The van der Waals surface area contributed by atoms with Gasteiger partial charge in [-0.05, 0) is 12.1 Å². The number of thiol groups is 1. The predicted molar refractivity (Wildman–Crippen MR) is 117 cm³/mol. The van der Waals surface area contributed by atoms with Crippen LogP contribution in [0.1, 0.15) is 12.2 Å². The number of nitrogens with zero attached hydrogens (tertiary/aromatic N) is 8. The van der Waals surface area contributed by atoms with E-state index >= 15 is 0 Å².